The van der Waals surface area contributed by atoms with Gasteiger partial charge in [0.25, 0.3) is 5.91 Å². The normalized spacial score (nSPS) is 22.1. The van der Waals surface area contributed by atoms with Gasteiger partial charge < -0.3 is 15.4 Å². The third-order valence-electron chi connectivity index (χ3n) is 3.49. The monoisotopic (exact) mass is 302 g/mol. The predicted molar refractivity (Wildman–Crippen MR) is 72.3 cm³/mol. The summed E-state index contributed by atoms with van der Waals surface area (Å²) in [5, 5.41) is 5.21. The first kappa shape index (κ1) is 15.6. The Morgan fingerprint density at radius 2 is 2.10 bits per heavy atom. The van der Waals surface area contributed by atoms with Crippen LogP contribution in [0, 0.1) is 0 Å². The average Bonchev–Trinajstić information content (AvgIpc) is 2.83. The lowest BCUT2D eigenvalue weighted by Gasteiger charge is -2.24. The lowest BCUT2D eigenvalue weighted by molar-refractivity contribution is -0.136. The number of carbonyl (C=O) groups is 1. The summed E-state index contributed by atoms with van der Waals surface area (Å²) in [7, 11) is 1.40. The van der Waals surface area contributed by atoms with Gasteiger partial charge in [0.2, 0.25) is 0 Å². The summed E-state index contributed by atoms with van der Waals surface area (Å²) in [6.45, 7) is 2.70. The van der Waals surface area contributed by atoms with E-state index in [4.69, 9.17) is 4.74 Å². The maximum absolute atomic E-state index is 13.0. The van der Waals surface area contributed by atoms with Gasteiger partial charge in [-0.3, -0.25) is 4.79 Å². The lowest BCUT2D eigenvalue weighted by atomic mass is 10.0. The van der Waals surface area contributed by atoms with Crippen LogP contribution >= 0.6 is 0 Å². The van der Waals surface area contributed by atoms with Crippen molar-refractivity contribution in [2.45, 2.75) is 25.1 Å². The van der Waals surface area contributed by atoms with E-state index < -0.39 is 23.2 Å². The van der Waals surface area contributed by atoms with E-state index in [2.05, 4.69) is 10.6 Å². The molecule has 1 aliphatic rings. The Bertz CT molecular complexity index is 538. The molecule has 1 aromatic carbocycles. The Morgan fingerprint density at radius 3 is 2.62 bits per heavy atom. The number of halogens is 3. The summed E-state index contributed by atoms with van der Waals surface area (Å²) < 4.78 is 44.1. The fourth-order valence-corrected chi connectivity index (χ4v) is 2.25. The van der Waals surface area contributed by atoms with Gasteiger partial charge in [-0.05, 0) is 31.5 Å². The fourth-order valence-electron chi connectivity index (χ4n) is 2.25. The van der Waals surface area contributed by atoms with Crippen LogP contribution < -0.4 is 10.6 Å². The summed E-state index contributed by atoms with van der Waals surface area (Å²) in [6.07, 6.45) is -3.88. The van der Waals surface area contributed by atoms with E-state index in [1.807, 2.05) is 6.92 Å². The van der Waals surface area contributed by atoms with Crippen LogP contribution in [-0.2, 0) is 10.9 Å². The van der Waals surface area contributed by atoms with Crippen LogP contribution in [0.15, 0.2) is 18.2 Å². The largest absolute Gasteiger partial charge is 0.418 e. The van der Waals surface area contributed by atoms with Crippen molar-refractivity contribution < 1.29 is 22.7 Å². The van der Waals surface area contributed by atoms with Crippen molar-refractivity contribution >= 4 is 11.6 Å². The van der Waals surface area contributed by atoms with Gasteiger partial charge >= 0.3 is 6.18 Å². The first-order valence-electron chi connectivity index (χ1n) is 6.54. The predicted octanol–water partition coefficient (Wildman–Crippen LogP) is 2.66. The molecule has 2 N–H and O–H groups in total. The minimum atomic E-state index is -4.52. The fraction of sp³-hybridized carbons (Fsp3) is 0.500. The van der Waals surface area contributed by atoms with Crippen molar-refractivity contribution in [2.75, 3.05) is 25.6 Å². The third kappa shape index (κ3) is 3.47. The Labute approximate surface area is 120 Å². The molecule has 1 aliphatic heterocycles. The average molecular weight is 302 g/mol. The van der Waals surface area contributed by atoms with E-state index in [9.17, 15) is 18.0 Å². The van der Waals surface area contributed by atoms with E-state index in [0.29, 0.717) is 19.6 Å². The molecule has 1 saturated heterocycles. The van der Waals surface area contributed by atoms with E-state index in [-0.39, 0.29) is 11.3 Å². The highest BCUT2D eigenvalue weighted by molar-refractivity contribution is 5.95. The number of anilines is 1. The van der Waals surface area contributed by atoms with Gasteiger partial charge in [-0.25, -0.2) is 0 Å². The number of carbonyl (C=O) groups excluding carboxylic acids is 1. The third-order valence-corrected chi connectivity index (χ3v) is 3.49. The first-order chi connectivity index (χ1) is 9.75. The lowest BCUT2D eigenvalue weighted by Crippen LogP contribution is -2.46. The molecule has 0 bridgehead atoms. The van der Waals surface area contributed by atoms with Gasteiger partial charge in [0.1, 0.15) is 0 Å². The number of alkyl halides is 3. The summed E-state index contributed by atoms with van der Waals surface area (Å²) in [4.78, 5) is 12.1. The van der Waals surface area contributed by atoms with Gasteiger partial charge in [0, 0.05) is 24.9 Å². The Morgan fingerprint density at radius 1 is 1.38 bits per heavy atom. The second-order valence-electron chi connectivity index (χ2n) is 5.33. The molecule has 0 aromatic heterocycles. The van der Waals surface area contributed by atoms with Crippen molar-refractivity contribution in [1.82, 2.24) is 5.32 Å². The minimum Gasteiger partial charge on any atom is -0.388 e. The maximum Gasteiger partial charge on any atom is 0.418 e. The molecule has 1 fully saturated rings. The standard InChI is InChI=1S/C14H17F3N2O2/c1-13(5-6-21-8-13)19-12(20)9-3-4-11(18-2)10(7-9)14(15,16)17/h3-4,7,18H,5-6,8H2,1-2H3,(H,19,20). The van der Waals surface area contributed by atoms with Crippen molar-refractivity contribution in [2.24, 2.45) is 0 Å². The molecule has 0 radical (unpaired) electrons. The molecule has 0 aliphatic carbocycles. The number of amides is 1. The topological polar surface area (TPSA) is 50.4 Å². The van der Waals surface area contributed by atoms with Gasteiger partial charge in [-0.1, -0.05) is 0 Å². The van der Waals surface area contributed by atoms with Crippen molar-refractivity contribution in [1.29, 1.82) is 0 Å². The number of benzene rings is 1. The summed E-state index contributed by atoms with van der Waals surface area (Å²) in [5.41, 5.74) is -1.47. The van der Waals surface area contributed by atoms with Crippen molar-refractivity contribution in [3.63, 3.8) is 0 Å². The second-order valence-corrected chi connectivity index (χ2v) is 5.33. The highest BCUT2D eigenvalue weighted by Gasteiger charge is 2.35. The Hall–Kier alpha value is -1.76. The molecule has 116 valence electrons. The van der Waals surface area contributed by atoms with Gasteiger partial charge in [0.15, 0.2) is 0 Å². The summed E-state index contributed by atoms with van der Waals surface area (Å²) >= 11 is 0. The molecular formula is C14H17F3N2O2. The molecule has 1 amide bonds. The van der Waals surface area contributed by atoms with Crippen molar-refractivity contribution in [3.8, 4) is 0 Å². The quantitative estimate of drug-likeness (QED) is 0.902. The van der Waals surface area contributed by atoms with E-state index in [0.717, 1.165) is 6.07 Å². The van der Waals surface area contributed by atoms with Crippen LogP contribution in [0.3, 0.4) is 0 Å². The van der Waals surface area contributed by atoms with Gasteiger partial charge in [-0.2, -0.15) is 13.2 Å². The number of rotatable bonds is 3. The number of hydrogen-bond acceptors (Lipinski definition) is 3. The van der Waals surface area contributed by atoms with Crippen LogP contribution in [0.2, 0.25) is 0 Å². The highest BCUT2D eigenvalue weighted by atomic mass is 19.4. The molecule has 0 spiro atoms. The van der Waals surface area contributed by atoms with Crippen LogP contribution in [0.4, 0.5) is 18.9 Å². The van der Waals surface area contributed by atoms with Crippen LogP contribution in [0.5, 0.6) is 0 Å². The summed E-state index contributed by atoms with van der Waals surface area (Å²) in [5.74, 6) is -0.531. The van der Waals surface area contributed by atoms with Crippen LogP contribution in [0.25, 0.3) is 0 Å². The number of nitrogens with one attached hydrogen (secondary N) is 2. The maximum atomic E-state index is 13.0. The van der Waals surface area contributed by atoms with Crippen molar-refractivity contribution in [3.05, 3.63) is 29.3 Å². The summed E-state index contributed by atoms with van der Waals surface area (Å²) in [6, 6.07) is 3.49. The highest BCUT2D eigenvalue weighted by Crippen LogP contribution is 2.35. The molecule has 1 heterocycles. The van der Waals surface area contributed by atoms with Gasteiger partial charge in [0.05, 0.1) is 17.7 Å². The van der Waals surface area contributed by atoms with Crippen LogP contribution in [0.1, 0.15) is 29.3 Å². The molecule has 1 unspecified atom stereocenters. The SMILES string of the molecule is CNc1ccc(C(=O)NC2(C)CCOC2)cc1C(F)(F)F. The molecule has 21 heavy (non-hydrogen) atoms. The molecular weight excluding hydrogens is 285 g/mol. The van der Waals surface area contributed by atoms with E-state index in [1.165, 1.54) is 19.2 Å². The van der Waals surface area contributed by atoms with E-state index in [1.54, 1.807) is 0 Å². The molecule has 4 nitrogen and oxygen atoms in total. The zero-order chi connectivity index (χ0) is 15.7. The molecule has 2 rings (SSSR count). The zero-order valence-electron chi connectivity index (χ0n) is 11.8. The van der Waals surface area contributed by atoms with E-state index >= 15 is 0 Å². The number of ether oxygens (including phenoxy) is 1. The first-order valence-corrected chi connectivity index (χ1v) is 6.54. The molecule has 7 heteroatoms. The molecule has 1 atom stereocenters. The molecule has 1 aromatic rings. The molecule has 0 saturated carbocycles. The Kier molecular flexibility index (Phi) is 4.13. The van der Waals surface area contributed by atoms with Gasteiger partial charge in [-0.15, -0.1) is 0 Å². The smallest absolute Gasteiger partial charge is 0.388 e. The second kappa shape index (κ2) is 5.55. The zero-order valence-corrected chi connectivity index (χ0v) is 11.8. The van der Waals surface area contributed by atoms with Crippen LogP contribution in [-0.4, -0.2) is 31.7 Å². The Balaban J connectivity index is 2.26. The minimum absolute atomic E-state index is 0.0190. The number of hydrogen-bond donors (Lipinski definition) is 2.